The van der Waals surface area contributed by atoms with Crippen molar-refractivity contribution in [2.75, 3.05) is 5.32 Å². The van der Waals surface area contributed by atoms with E-state index in [4.69, 9.17) is 34.8 Å². The third kappa shape index (κ3) is 4.31. The van der Waals surface area contributed by atoms with Crippen LogP contribution in [0.5, 0.6) is 0 Å². The summed E-state index contributed by atoms with van der Waals surface area (Å²) in [5.74, 6) is -0.180. The van der Waals surface area contributed by atoms with Crippen LogP contribution in [0.4, 0.5) is 5.69 Å². The Kier molecular flexibility index (Phi) is 6.51. The molecule has 192 valence electrons. The molecule has 0 fully saturated rings. The molecule has 2 aromatic heterocycles. The van der Waals surface area contributed by atoms with E-state index in [-0.39, 0.29) is 5.91 Å². The number of hydrogen-bond acceptors (Lipinski definition) is 1. The van der Waals surface area contributed by atoms with E-state index >= 15 is 0 Å². The lowest BCUT2D eigenvalue weighted by molar-refractivity contribution is 0.102. The van der Waals surface area contributed by atoms with E-state index in [1.54, 1.807) is 12.1 Å². The highest BCUT2D eigenvalue weighted by atomic mass is 35.5. The first-order chi connectivity index (χ1) is 18.3. The summed E-state index contributed by atoms with van der Waals surface area (Å²) in [6.45, 7) is 5.07. The third-order valence-electron chi connectivity index (χ3n) is 7.44. The van der Waals surface area contributed by atoms with Crippen LogP contribution >= 0.6 is 34.8 Å². The smallest absolute Gasteiger partial charge is 0.273 e. The average molecular weight is 563 g/mol. The molecule has 5 aromatic rings. The lowest BCUT2D eigenvalue weighted by Gasteiger charge is -2.12. The van der Waals surface area contributed by atoms with Gasteiger partial charge in [0.05, 0.1) is 15.7 Å². The van der Waals surface area contributed by atoms with Gasteiger partial charge in [0.2, 0.25) is 0 Å². The molecule has 0 saturated heterocycles. The molecule has 0 spiro atoms. The second-order valence-electron chi connectivity index (χ2n) is 9.91. The van der Waals surface area contributed by atoms with Gasteiger partial charge in [-0.1, -0.05) is 65.1 Å². The molecular weight excluding hydrogens is 537 g/mol. The van der Waals surface area contributed by atoms with Gasteiger partial charge in [-0.15, -0.1) is 0 Å². The highest BCUT2D eigenvalue weighted by molar-refractivity contribution is 6.42. The van der Waals surface area contributed by atoms with Crippen molar-refractivity contribution in [3.05, 3.63) is 104 Å². The minimum absolute atomic E-state index is 0.180. The number of benzene rings is 3. The summed E-state index contributed by atoms with van der Waals surface area (Å²) in [5.41, 5.74) is 9.92. The van der Waals surface area contributed by atoms with Crippen LogP contribution in [0.1, 0.15) is 40.0 Å². The van der Waals surface area contributed by atoms with E-state index < -0.39 is 0 Å². The van der Waals surface area contributed by atoms with Gasteiger partial charge in [0.1, 0.15) is 11.3 Å². The van der Waals surface area contributed by atoms with E-state index in [1.165, 1.54) is 16.7 Å². The first-order valence-electron chi connectivity index (χ1n) is 12.7. The van der Waals surface area contributed by atoms with Crippen LogP contribution in [-0.2, 0) is 13.0 Å². The molecule has 0 atom stereocenters. The normalized spacial score (nSPS) is 13.1. The fraction of sp³-hybridized carbons (Fsp3) is 0.194. The van der Waals surface area contributed by atoms with Gasteiger partial charge in [0, 0.05) is 40.1 Å². The van der Waals surface area contributed by atoms with Crippen molar-refractivity contribution < 1.29 is 4.79 Å². The van der Waals surface area contributed by atoms with Crippen LogP contribution in [0.15, 0.2) is 66.9 Å². The van der Waals surface area contributed by atoms with Gasteiger partial charge in [-0.05, 0) is 80.1 Å². The van der Waals surface area contributed by atoms with Crippen molar-refractivity contribution in [1.82, 2.24) is 8.97 Å². The second-order valence-corrected chi connectivity index (χ2v) is 11.2. The zero-order chi connectivity index (χ0) is 26.6. The lowest BCUT2D eigenvalue weighted by Crippen LogP contribution is -2.15. The molecule has 4 nitrogen and oxygen atoms in total. The maximum Gasteiger partial charge on any atom is 0.273 e. The van der Waals surface area contributed by atoms with Gasteiger partial charge in [-0.2, -0.15) is 0 Å². The molecule has 1 N–H and O–H groups in total. The quantitative estimate of drug-likeness (QED) is 0.233. The molecule has 0 aliphatic carbocycles. The number of anilines is 1. The van der Waals surface area contributed by atoms with Crippen molar-refractivity contribution in [3.63, 3.8) is 0 Å². The second kappa shape index (κ2) is 9.85. The Morgan fingerprint density at radius 3 is 2.45 bits per heavy atom. The molecule has 0 saturated carbocycles. The molecule has 7 heteroatoms. The maximum atomic E-state index is 14.1. The summed E-state index contributed by atoms with van der Waals surface area (Å²) in [5, 5.41) is 4.69. The van der Waals surface area contributed by atoms with Crippen LogP contribution < -0.4 is 5.32 Å². The minimum atomic E-state index is -0.180. The molecule has 0 unspecified atom stereocenters. The minimum Gasteiger partial charge on any atom is -0.325 e. The topological polar surface area (TPSA) is 38.4 Å². The predicted octanol–water partition coefficient (Wildman–Crippen LogP) is 9.24. The van der Waals surface area contributed by atoms with Crippen molar-refractivity contribution >= 4 is 52.0 Å². The number of nitrogens with zero attached hydrogens (tertiary/aromatic N) is 2. The summed E-state index contributed by atoms with van der Waals surface area (Å²) in [6.07, 6.45) is 5.03. The Morgan fingerprint density at radius 2 is 1.68 bits per heavy atom. The van der Waals surface area contributed by atoms with E-state index in [9.17, 15) is 4.79 Å². The number of amides is 1. The first-order valence-corrected chi connectivity index (χ1v) is 13.8. The Hall–Kier alpha value is -3.18. The zero-order valence-electron chi connectivity index (χ0n) is 21.1. The Morgan fingerprint density at radius 1 is 0.868 bits per heavy atom. The molecule has 6 rings (SSSR count). The van der Waals surface area contributed by atoms with Gasteiger partial charge < -0.3 is 9.88 Å². The average Bonchev–Trinajstić information content (AvgIpc) is 3.30. The monoisotopic (exact) mass is 561 g/mol. The van der Waals surface area contributed by atoms with Crippen molar-refractivity contribution in [2.45, 2.75) is 39.7 Å². The number of aryl methyl sites for hydroxylation is 4. The zero-order valence-corrected chi connectivity index (χ0v) is 23.4. The van der Waals surface area contributed by atoms with Crippen molar-refractivity contribution in [2.24, 2.45) is 0 Å². The SMILES string of the molecule is Cc1ccc(-c2c3c4n(c(-c5ccc(Cl)c(Cl)c5)cn4c2C(=O)Nc2cccc(Cl)c2)CCCC3)cc1C. The van der Waals surface area contributed by atoms with Gasteiger partial charge in [0.15, 0.2) is 0 Å². The Labute approximate surface area is 236 Å². The van der Waals surface area contributed by atoms with Gasteiger partial charge >= 0.3 is 0 Å². The summed E-state index contributed by atoms with van der Waals surface area (Å²) in [4.78, 5) is 14.1. The number of nitrogens with one attached hydrogen (secondary N) is 1. The van der Waals surface area contributed by atoms with Gasteiger partial charge in [-0.3, -0.25) is 9.20 Å². The fourth-order valence-corrected chi connectivity index (χ4v) is 5.95. The maximum absolute atomic E-state index is 14.1. The number of imidazole rings is 1. The molecular formula is C31H26Cl3N3O. The molecule has 0 bridgehead atoms. The van der Waals surface area contributed by atoms with Crippen LogP contribution in [0, 0.1) is 13.8 Å². The largest absolute Gasteiger partial charge is 0.325 e. The molecule has 3 aromatic carbocycles. The number of rotatable bonds is 4. The van der Waals surface area contributed by atoms with E-state index in [2.05, 4.69) is 52.5 Å². The number of halogens is 3. The van der Waals surface area contributed by atoms with Crippen LogP contribution in [0.2, 0.25) is 15.1 Å². The summed E-state index contributed by atoms with van der Waals surface area (Å²) in [6, 6.07) is 19.4. The number of carbonyl (C=O) groups excluding carboxylic acids is 1. The molecule has 0 radical (unpaired) electrons. The summed E-state index contributed by atoms with van der Waals surface area (Å²) in [7, 11) is 0. The highest BCUT2D eigenvalue weighted by Gasteiger charge is 2.30. The lowest BCUT2D eigenvalue weighted by atomic mass is 9.95. The standard InChI is InChI=1S/C31H26Cl3N3O/c1-18-9-10-21(14-19(18)2)28-24-8-3-4-13-36-27(20-11-12-25(33)26(34)15-20)17-37(31(24)36)29(28)30(38)35-23-7-5-6-22(32)16-23/h5-7,9-12,14-17H,3-4,8,13H2,1-2H3,(H,35,38). The van der Waals surface area contributed by atoms with Gasteiger partial charge in [-0.25, -0.2) is 0 Å². The molecule has 1 aliphatic rings. The van der Waals surface area contributed by atoms with E-state index in [1.807, 2.05) is 30.3 Å². The van der Waals surface area contributed by atoms with E-state index in [0.29, 0.717) is 26.4 Å². The third-order valence-corrected chi connectivity index (χ3v) is 8.42. The van der Waals surface area contributed by atoms with Gasteiger partial charge in [0.25, 0.3) is 5.91 Å². The fourth-order valence-electron chi connectivity index (χ4n) is 5.46. The summed E-state index contributed by atoms with van der Waals surface area (Å²) < 4.78 is 4.38. The van der Waals surface area contributed by atoms with E-state index in [0.717, 1.165) is 53.8 Å². The number of carbonyl (C=O) groups is 1. The Balaban J connectivity index is 1.63. The number of hydrogen-bond donors (Lipinski definition) is 1. The molecule has 1 amide bonds. The highest BCUT2D eigenvalue weighted by Crippen LogP contribution is 2.41. The molecule has 38 heavy (non-hydrogen) atoms. The van der Waals surface area contributed by atoms with Crippen molar-refractivity contribution in [3.8, 4) is 22.4 Å². The predicted molar refractivity (Wildman–Crippen MR) is 158 cm³/mol. The first kappa shape index (κ1) is 25.1. The molecule has 3 heterocycles. The molecule has 1 aliphatic heterocycles. The number of aromatic nitrogens is 2. The Bertz CT molecular complexity index is 1730. The summed E-state index contributed by atoms with van der Waals surface area (Å²) >= 11 is 18.8. The van der Waals surface area contributed by atoms with Crippen LogP contribution in [-0.4, -0.2) is 14.9 Å². The van der Waals surface area contributed by atoms with Crippen LogP contribution in [0.3, 0.4) is 0 Å². The van der Waals surface area contributed by atoms with Crippen LogP contribution in [0.25, 0.3) is 28.0 Å². The van der Waals surface area contributed by atoms with Crippen molar-refractivity contribution in [1.29, 1.82) is 0 Å².